The lowest BCUT2D eigenvalue weighted by atomic mass is 9.82. The van der Waals surface area contributed by atoms with Gasteiger partial charge < -0.3 is 19.9 Å². The van der Waals surface area contributed by atoms with Crippen LogP contribution in [0.1, 0.15) is 86.6 Å². The summed E-state index contributed by atoms with van der Waals surface area (Å²) >= 11 is 0. The Bertz CT molecular complexity index is 1120. The van der Waals surface area contributed by atoms with Crippen molar-refractivity contribution in [3.05, 3.63) is 59.8 Å². The minimum Gasteiger partial charge on any atom is -0.494 e. The van der Waals surface area contributed by atoms with E-state index < -0.39 is 0 Å². The molecule has 0 saturated carbocycles. The van der Waals surface area contributed by atoms with E-state index in [0.29, 0.717) is 11.5 Å². The first-order valence-corrected chi connectivity index (χ1v) is 13.6. The molecule has 2 atom stereocenters. The summed E-state index contributed by atoms with van der Waals surface area (Å²) in [5, 5.41) is 4.34. The highest BCUT2D eigenvalue weighted by Crippen LogP contribution is 2.39. The van der Waals surface area contributed by atoms with Gasteiger partial charge >= 0.3 is 0 Å². The average Bonchev–Trinajstić information content (AvgIpc) is 3.32. The molecule has 2 fully saturated rings. The molecule has 5 nitrogen and oxygen atoms in total. The molecule has 186 valence electrons. The number of hydrogen-bond donors (Lipinski definition) is 2. The molecule has 35 heavy (non-hydrogen) atoms. The second kappa shape index (κ2) is 11.3. The number of nitrogens with one attached hydrogen (secondary N) is 2. The minimum atomic E-state index is -0.0913. The topological polar surface area (TPSA) is 57.4 Å². The predicted molar refractivity (Wildman–Crippen MR) is 144 cm³/mol. The van der Waals surface area contributed by atoms with Gasteiger partial charge in [0.1, 0.15) is 5.75 Å². The predicted octanol–water partition coefficient (Wildman–Crippen LogP) is 7.11. The highest BCUT2D eigenvalue weighted by atomic mass is 16.5. The monoisotopic (exact) mass is 473 g/mol. The summed E-state index contributed by atoms with van der Waals surface area (Å²) < 4.78 is 5.81. The van der Waals surface area contributed by atoms with Gasteiger partial charge in [-0.1, -0.05) is 32.6 Å². The number of H-pyrrole nitrogens is 1. The van der Waals surface area contributed by atoms with Crippen LogP contribution < -0.4 is 10.1 Å². The van der Waals surface area contributed by atoms with Gasteiger partial charge in [-0.25, -0.2) is 0 Å². The van der Waals surface area contributed by atoms with Crippen molar-refractivity contribution in [1.29, 1.82) is 0 Å². The highest BCUT2D eigenvalue weighted by Gasteiger charge is 2.31. The van der Waals surface area contributed by atoms with E-state index in [1.54, 1.807) is 0 Å². The van der Waals surface area contributed by atoms with Gasteiger partial charge in [0.25, 0.3) is 5.91 Å². The second-order valence-corrected chi connectivity index (χ2v) is 10.3. The number of aromatic nitrogens is 1. The first-order chi connectivity index (χ1) is 17.2. The maximum absolute atomic E-state index is 12.9. The number of carbonyl (C=O) groups is 1. The normalized spacial score (nSPS) is 20.5. The summed E-state index contributed by atoms with van der Waals surface area (Å²) in [7, 11) is 0. The van der Waals surface area contributed by atoms with Gasteiger partial charge in [-0.3, -0.25) is 4.79 Å². The molecule has 3 heterocycles. The Hall–Kier alpha value is -2.79. The zero-order valence-corrected chi connectivity index (χ0v) is 21.0. The molecule has 2 unspecified atom stereocenters. The number of rotatable bonds is 9. The summed E-state index contributed by atoms with van der Waals surface area (Å²) in [4.78, 5) is 19.1. The molecule has 2 aliphatic heterocycles. The molecule has 0 spiro atoms. The Labute approximate surface area is 209 Å². The fraction of sp³-hybridized carbons (Fsp3) is 0.500. The van der Waals surface area contributed by atoms with Crippen molar-refractivity contribution in [2.24, 2.45) is 0 Å². The number of piperidine rings is 2. The van der Waals surface area contributed by atoms with Gasteiger partial charge in [-0.2, -0.15) is 0 Å². The number of fused-ring (bicyclic) bond motifs is 2. The van der Waals surface area contributed by atoms with Crippen molar-refractivity contribution in [2.75, 3.05) is 25.0 Å². The lowest BCUT2D eigenvalue weighted by molar-refractivity contribution is 0.0977. The fourth-order valence-electron chi connectivity index (χ4n) is 5.85. The first kappa shape index (κ1) is 23.9. The van der Waals surface area contributed by atoms with Crippen molar-refractivity contribution < 1.29 is 9.53 Å². The van der Waals surface area contributed by atoms with Gasteiger partial charge in [0.2, 0.25) is 0 Å². The zero-order chi connectivity index (χ0) is 24.0. The SMILES string of the molecule is CCCCCCOc1ccc(C(=O)Nc2ccc3[nH]cc(C4CCN5CCCCC5C4)c3c2)cc1. The van der Waals surface area contributed by atoms with Crippen LogP contribution in [0.3, 0.4) is 0 Å². The Morgan fingerprint density at radius 1 is 1.06 bits per heavy atom. The van der Waals surface area contributed by atoms with E-state index in [-0.39, 0.29) is 5.91 Å². The number of unbranched alkanes of at least 4 members (excludes halogenated alkanes) is 3. The van der Waals surface area contributed by atoms with E-state index in [2.05, 4.69) is 40.5 Å². The summed E-state index contributed by atoms with van der Waals surface area (Å²) in [5.74, 6) is 1.32. The van der Waals surface area contributed by atoms with Crippen LogP contribution >= 0.6 is 0 Å². The van der Waals surface area contributed by atoms with Crippen molar-refractivity contribution in [3.63, 3.8) is 0 Å². The molecule has 0 radical (unpaired) electrons. The fourth-order valence-corrected chi connectivity index (χ4v) is 5.85. The Kier molecular flexibility index (Phi) is 7.72. The van der Waals surface area contributed by atoms with E-state index >= 15 is 0 Å². The molecule has 1 aromatic heterocycles. The van der Waals surface area contributed by atoms with Crippen molar-refractivity contribution in [3.8, 4) is 5.75 Å². The largest absolute Gasteiger partial charge is 0.494 e. The lowest BCUT2D eigenvalue weighted by Gasteiger charge is -2.42. The molecule has 1 amide bonds. The van der Waals surface area contributed by atoms with Gasteiger partial charge in [-0.05, 0) is 99.1 Å². The average molecular weight is 474 g/mol. The quantitative estimate of drug-likeness (QED) is 0.326. The third-order valence-electron chi connectivity index (χ3n) is 7.87. The third-order valence-corrected chi connectivity index (χ3v) is 7.87. The Balaban J connectivity index is 1.22. The molecular formula is C30H39N3O2. The molecule has 0 bridgehead atoms. The van der Waals surface area contributed by atoms with Crippen molar-refractivity contribution in [2.45, 2.75) is 76.7 Å². The molecule has 2 aliphatic rings. The summed E-state index contributed by atoms with van der Waals surface area (Å²) in [6, 6.07) is 14.4. The Morgan fingerprint density at radius 2 is 1.94 bits per heavy atom. The summed E-state index contributed by atoms with van der Waals surface area (Å²) in [5.41, 5.74) is 4.03. The maximum Gasteiger partial charge on any atom is 0.255 e. The van der Waals surface area contributed by atoms with Crippen LogP contribution in [0, 0.1) is 0 Å². The van der Waals surface area contributed by atoms with E-state index in [4.69, 9.17) is 4.74 Å². The smallest absolute Gasteiger partial charge is 0.255 e. The van der Waals surface area contributed by atoms with E-state index in [1.165, 1.54) is 75.4 Å². The van der Waals surface area contributed by atoms with E-state index in [0.717, 1.165) is 36.0 Å². The molecular weight excluding hydrogens is 434 g/mol. The van der Waals surface area contributed by atoms with Crippen LogP contribution in [0.2, 0.25) is 0 Å². The summed E-state index contributed by atoms with van der Waals surface area (Å²) in [6.45, 7) is 5.41. The zero-order valence-electron chi connectivity index (χ0n) is 21.0. The Morgan fingerprint density at radius 3 is 2.80 bits per heavy atom. The number of hydrogen-bond acceptors (Lipinski definition) is 3. The van der Waals surface area contributed by atoms with E-state index in [9.17, 15) is 4.79 Å². The number of benzene rings is 2. The highest BCUT2D eigenvalue weighted by molar-refractivity contribution is 6.05. The number of nitrogens with zero attached hydrogens (tertiary/aromatic N) is 1. The molecule has 2 N–H and O–H groups in total. The molecule has 2 aromatic carbocycles. The van der Waals surface area contributed by atoms with Gasteiger partial charge in [0.15, 0.2) is 0 Å². The van der Waals surface area contributed by atoms with Crippen LogP contribution in [-0.2, 0) is 0 Å². The summed E-state index contributed by atoms with van der Waals surface area (Å²) in [6.07, 6.45) is 13.5. The molecule has 3 aromatic rings. The standard InChI is InChI=1S/C30H39N3O2/c1-2-3-4-7-18-35-26-12-9-22(10-13-26)30(34)32-24-11-14-29-27(20-24)28(21-31-29)23-15-17-33-16-6-5-8-25(33)19-23/h9-14,20-21,23,25,31H,2-8,15-19H2,1H3,(H,32,34). The lowest BCUT2D eigenvalue weighted by Crippen LogP contribution is -2.44. The van der Waals surface area contributed by atoms with E-state index in [1.807, 2.05) is 30.3 Å². The molecule has 2 saturated heterocycles. The van der Waals surface area contributed by atoms with Crippen LogP contribution in [0.4, 0.5) is 5.69 Å². The number of aromatic amines is 1. The first-order valence-electron chi connectivity index (χ1n) is 13.6. The maximum atomic E-state index is 12.9. The number of anilines is 1. The molecule has 5 rings (SSSR count). The van der Waals surface area contributed by atoms with Crippen LogP contribution in [0.5, 0.6) is 5.75 Å². The van der Waals surface area contributed by atoms with Crippen LogP contribution in [-0.4, -0.2) is 41.5 Å². The van der Waals surface area contributed by atoms with Crippen LogP contribution in [0.15, 0.2) is 48.7 Å². The van der Waals surface area contributed by atoms with Gasteiger partial charge in [0, 0.05) is 34.4 Å². The molecule has 0 aliphatic carbocycles. The van der Waals surface area contributed by atoms with Gasteiger partial charge in [-0.15, -0.1) is 0 Å². The second-order valence-electron chi connectivity index (χ2n) is 10.3. The van der Waals surface area contributed by atoms with Crippen molar-refractivity contribution >= 4 is 22.5 Å². The third kappa shape index (κ3) is 5.72. The van der Waals surface area contributed by atoms with Gasteiger partial charge in [0.05, 0.1) is 6.61 Å². The minimum absolute atomic E-state index is 0.0913. The number of amides is 1. The van der Waals surface area contributed by atoms with Crippen molar-refractivity contribution in [1.82, 2.24) is 9.88 Å². The van der Waals surface area contributed by atoms with Crippen LogP contribution in [0.25, 0.3) is 10.9 Å². The molecule has 5 heteroatoms. The number of ether oxygens (including phenoxy) is 1. The number of carbonyl (C=O) groups excluding carboxylic acids is 1.